The predicted octanol–water partition coefficient (Wildman–Crippen LogP) is 10.4. The first-order valence-electron chi connectivity index (χ1n) is 13.5. The van der Waals surface area contributed by atoms with Crippen molar-refractivity contribution in [2.45, 2.75) is 0 Å². The van der Waals surface area contributed by atoms with Gasteiger partial charge in [-0.15, -0.1) is 0 Å². The van der Waals surface area contributed by atoms with Gasteiger partial charge in [-0.25, -0.2) is 4.98 Å². The molecule has 0 amide bonds. The van der Waals surface area contributed by atoms with Crippen LogP contribution in [0.25, 0.3) is 54.7 Å². The molecule has 6 aromatic carbocycles. The lowest BCUT2D eigenvalue weighted by molar-refractivity contribution is 0.669. The highest BCUT2D eigenvalue weighted by Crippen LogP contribution is 2.38. The summed E-state index contributed by atoms with van der Waals surface area (Å²) < 4.78 is 10.8. The molecule has 0 N–H and O–H groups in total. The number of benzene rings is 6. The van der Waals surface area contributed by atoms with Crippen LogP contribution in [0.1, 0.15) is 0 Å². The molecule has 0 aliphatic heterocycles. The number of rotatable bonds is 5. The van der Waals surface area contributed by atoms with E-state index in [0.717, 1.165) is 55.1 Å². The number of furan rings is 1. The van der Waals surface area contributed by atoms with Crippen LogP contribution in [-0.2, 0) is 0 Å². The largest absolute Gasteiger partial charge is 0.456 e. The topological polar surface area (TPSA) is 42.2 Å². The number of hydrogen-bond acceptors (Lipinski definition) is 5. The number of para-hydroxylation sites is 2. The molecule has 0 radical (unpaired) electrons. The first-order chi connectivity index (χ1) is 20.3. The predicted molar refractivity (Wildman–Crippen MR) is 170 cm³/mol. The van der Waals surface area contributed by atoms with Gasteiger partial charge < -0.3 is 9.32 Å². The van der Waals surface area contributed by atoms with Crippen molar-refractivity contribution in [2.75, 3.05) is 4.90 Å². The molecule has 0 fully saturated rings. The molecule has 4 nitrogen and oxygen atoms in total. The summed E-state index contributed by atoms with van der Waals surface area (Å²) in [6, 6.07) is 48.4. The molecule has 0 atom stereocenters. The van der Waals surface area contributed by atoms with Gasteiger partial charge in [-0.3, -0.25) is 0 Å². The fourth-order valence-corrected chi connectivity index (χ4v) is 6.10. The summed E-state index contributed by atoms with van der Waals surface area (Å²) in [4.78, 5) is 7.17. The van der Waals surface area contributed by atoms with Crippen molar-refractivity contribution in [3.05, 3.63) is 140 Å². The van der Waals surface area contributed by atoms with Gasteiger partial charge >= 0.3 is 0 Å². The summed E-state index contributed by atoms with van der Waals surface area (Å²) in [6.07, 6.45) is 0. The molecule has 194 valence electrons. The molecule has 2 heterocycles. The van der Waals surface area contributed by atoms with E-state index in [1.165, 1.54) is 22.3 Å². The third kappa shape index (κ3) is 4.24. The lowest BCUT2D eigenvalue weighted by atomic mass is 10.1. The van der Waals surface area contributed by atoms with Gasteiger partial charge in [-0.2, -0.15) is 4.37 Å². The lowest BCUT2D eigenvalue weighted by Gasteiger charge is -2.26. The standard InChI is InChI=1S/C36H23N3OS/c1-2-10-28(11-3-1)39(30-20-14-24-8-4-5-9-26(24)22-30)29-18-15-25(16-19-29)36-37-35(38-41-36)27-17-21-32-31-12-6-7-13-33(31)40-34(32)23-27/h1-23H. The Kier molecular flexibility index (Phi) is 5.61. The maximum Gasteiger partial charge on any atom is 0.173 e. The number of nitrogens with zero attached hydrogens (tertiary/aromatic N) is 3. The second-order valence-electron chi connectivity index (χ2n) is 9.98. The van der Waals surface area contributed by atoms with E-state index in [4.69, 9.17) is 9.40 Å². The highest BCUT2D eigenvalue weighted by atomic mass is 32.1. The number of fused-ring (bicyclic) bond motifs is 4. The molecule has 2 aromatic heterocycles. The summed E-state index contributed by atoms with van der Waals surface area (Å²) in [6.45, 7) is 0. The van der Waals surface area contributed by atoms with E-state index >= 15 is 0 Å². The van der Waals surface area contributed by atoms with E-state index < -0.39 is 0 Å². The van der Waals surface area contributed by atoms with Crippen molar-refractivity contribution in [3.63, 3.8) is 0 Å². The molecular weight excluding hydrogens is 522 g/mol. The SMILES string of the molecule is c1ccc(N(c2ccc(-c3nc(-c4ccc5c(c4)oc4ccccc45)ns3)cc2)c2ccc3ccccc3c2)cc1. The van der Waals surface area contributed by atoms with Crippen LogP contribution in [0.15, 0.2) is 144 Å². The van der Waals surface area contributed by atoms with Gasteiger partial charge in [0, 0.05) is 39.0 Å². The summed E-state index contributed by atoms with van der Waals surface area (Å²) in [5, 5.41) is 5.54. The van der Waals surface area contributed by atoms with E-state index in [1.807, 2.05) is 30.3 Å². The van der Waals surface area contributed by atoms with Gasteiger partial charge in [0.1, 0.15) is 16.2 Å². The Balaban J connectivity index is 1.13. The molecule has 0 aliphatic carbocycles. The monoisotopic (exact) mass is 545 g/mol. The van der Waals surface area contributed by atoms with Crippen molar-refractivity contribution in [1.29, 1.82) is 0 Å². The second-order valence-corrected chi connectivity index (χ2v) is 10.7. The fraction of sp³-hybridized carbons (Fsp3) is 0. The Morgan fingerprint density at radius 2 is 1.20 bits per heavy atom. The van der Waals surface area contributed by atoms with Crippen molar-refractivity contribution in [1.82, 2.24) is 9.36 Å². The minimum Gasteiger partial charge on any atom is -0.456 e. The van der Waals surface area contributed by atoms with Crippen LogP contribution in [0.2, 0.25) is 0 Å². The quantitative estimate of drug-likeness (QED) is 0.216. The van der Waals surface area contributed by atoms with Gasteiger partial charge in [0.25, 0.3) is 0 Å². The van der Waals surface area contributed by atoms with E-state index in [2.05, 4.69) is 118 Å². The second kappa shape index (κ2) is 9.73. The molecule has 0 saturated carbocycles. The summed E-state index contributed by atoms with van der Waals surface area (Å²) >= 11 is 1.41. The van der Waals surface area contributed by atoms with Crippen molar-refractivity contribution >= 4 is 61.3 Å². The van der Waals surface area contributed by atoms with Gasteiger partial charge in [0.15, 0.2) is 5.82 Å². The minimum atomic E-state index is 0.707. The van der Waals surface area contributed by atoms with Crippen LogP contribution < -0.4 is 4.90 Å². The number of aromatic nitrogens is 2. The highest BCUT2D eigenvalue weighted by molar-refractivity contribution is 7.09. The van der Waals surface area contributed by atoms with Crippen LogP contribution in [0, 0.1) is 0 Å². The Labute approximate surface area is 240 Å². The molecule has 0 unspecified atom stereocenters. The molecule has 41 heavy (non-hydrogen) atoms. The van der Waals surface area contributed by atoms with E-state index in [-0.39, 0.29) is 0 Å². The van der Waals surface area contributed by atoms with E-state index in [9.17, 15) is 0 Å². The maximum absolute atomic E-state index is 6.08. The zero-order valence-electron chi connectivity index (χ0n) is 21.9. The van der Waals surface area contributed by atoms with Gasteiger partial charge in [0.2, 0.25) is 0 Å². The maximum atomic E-state index is 6.08. The summed E-state index contributed by atoms with van der Waals surface area (Å²) in [5.41, 5.74) is 7.02. The molecule has 0 saturated heterocycles. The third-order valence-electron chi connectivity index (χ3n) is 7.44. The smallest absolute Gasteiger partial charge is 0.173 e. The molecule has 8 aromatic rings. The normalized spacial score (nSPS) is 11.4. The lowest BCUT2D eigenvalue weighted by Crippen LogP contribution is -2.09. The minimum absolute atomic E-state index is 0.707. The van der Waals surface area contributed by atoms with Gasteiger partial charge in [0.05, 0.1) is 0 Å². The van der Waals surface area contributed by atoms with Crippen molar-refractivity contribution < 1.29 is 4.42 Å². The summed E-state index contributed by atoms with van der Waals surface area (Å²) in [5.74, 6) is 0.707. The van der Waals surface area contributed by atoms with Crippen molar-refractivity contribution in [3.8, 4) is 22.0 Å². The summed E-state index contributed by atoms with van der Waals surface area (Å²) in [7, 11) is 0. The molecular formula is C36H23N3OS. The first kappa shape index (κ1) is 23.6. The molecule has 8 rings (SSSR count). The Hall–Kier alpha value is -5.26. The molecule has 0 aliphatic rings. The molecule has 5 heteroatoms. The molecule has 0 bridgehead atoms. The Morgan fingerprint density at radius 3 is 2.07 bits per heavy atom. The van der Waals surface area contributed by atoms with Gasteiger partial charge in [-0.05, 0) is 89.0 Å². The number of anilines is 3. The van der Waals surface area contributed by atoms with Gasteiger partial charge in [-0.1, -0.05) is 72.8 Å². The van der Waals surface area contributed by atoms with Crippen LogP contribution >= 0.6 is 11.5 Å². The van der Waals surface area contributed by atoms with Crippen LogP contribution in [-0.4, -0.2) is 9.36 Å². The number of hydrogen-bond donors (Lipinski definition) is 0. The Morgan fingerprint density at radius 1 is 0.512 bits per heavy atom. The zero-order chi connectivity index (χ0) is 27.2. The Bertz CT molecular complexity index is 2160. The fourth-order valence-electron chi connectivity index (χ4n) is 5.42. The average molecular weight is 546 g/mol. The van der Waals surface area contributed by atoms with E-state index in [0.29, 0.717) is 5.82 Å². The zero-order valence-corrected chi connectivity index (χ0v) is 22.8. The van der Waals surface area contributed by atoms with Crippen LogP contribution in [0.3, 0.4) is 0 Å². The average Bonchev–Trinajstić information content (AvgIpc) is 3.67. The van der Waals surface area contributed by atoms with Crippen LogP contribution in [0.4, 0.5) is 17.1 Å². The van der Waals surface area contributed by atoms with E-state index in [1.54, 1.807) is 0 Å². The van der Waals surface area contributed by atoms with Crippen molar-refractivity contribution in [2.24, 2.45) is 0 Å². The molecule has 0 spiro atoms. The third-order valence-corrected chi connectivity index (χ3v) is 8.21. The van der Waals surface area contributed by atoms with Crippen LogP contribution in [0.5, 0.6) is 0 Å². The highest BCUT2D eigenvalue weighted by Gasteiger charge is 2.15. The first-order valence-corrected chi connectivity index (χ1v) is 14.3.